The quantitative estimate of drug-likeness (QED) is 0.256. The smallest absolute Gasteiger partial charge is 0.330 e. The van der Waals surface area contributed by atoms with Gasteiger partial charge in [0.25, 0.3) is 5.91 Å². The third-order valence-corrected chi connectivity index (χ3v) is 9.06. The number of carbonyl (C=O) groups excluding carboxylic acids is 3. The van der Waals surface area contributed by atoms with E-state index in [-0.39, 0.29) is 11.3 Å². The number of urea groups is 1. The van der Waals surface area contributed by atoms with Crippen LogP contribution in [0.3, 0.4) is 0 Å². The van der Waals surface area contributed by atoms with E-state index in [4.69, 9.17) is 11.6 Å². The highest BCUT2D eigenvalue weighted by Crippen LogP contribution is 2.47. The Balaban J connectivity index is 1.35. The average molecular weight is 569 g/mol. The Kier molecular flexibility index (Phi) is 6.23. The van der Waals surface area contributed by atoms with Crippen molar-refractivity contribution in [2.45, 2.75) is 62.6 Å². The molecule has 1 aliphatic heterocycles. The molecule has 4 fully saturated rings. The normalized spacial score (nSPS) is 26.0. The second kappa shape index (κ2) is 9.42. The Hall–Kier alpha value is -3.76. The highest BCUT2D eigenvalue weighted by molar-refractivity contribution is 6.32. The first-order valence-corrected chi connectivity index (χ1v) is 13.5. The summed E-state index contributed by atoms with van der Waals surface area (Å²) in [6.07, 6.45) is 6.35. The summed E-state index contributed by atoms with van der Waals surface area (Å²) in [5.74, 6) is -3.79. The van der Waals surface area contributed by atoms with Gasteiger partial charge in [-0.1, -0.05) is 23.7 Å². The summed E-state index contributed by atoms with van der Waals surface area (Å²) in [4.78, 5) is 44.5. The molecule has 1 saturated heterocycles. The van der Waals surface area contributed by atoms with Crippen LogP contribution in [0.5, 0.6) is 0 Å². The van der Waals surface area contributed by atoms with Crippen molar-refractivity contribution in [3.63, 3.8) is 0 Å². The first-order valence-electron chi connectivity index (χ1n) is 13.1. The van der Waals surface area contributed by atoms with Gasteiger partial charge in [0.15, 0.2) is 11.6 Å². The number of hydrogen-bond acceptors (Lipinski definition) is 4. The van der Waals surface area contributed by atoms with E-state index in [0.717, 1.165) is 33.5 Å². The summed E-state index contributed by atoms with van der Waals surface area (Å²) in [5, 5.41) is 17.5. The van der Waals surface area contributed by atoms with Crippen molar-refractivity contribution < 1.29 is 28.3 Å². The van der Waals surface area contributed by atoms with E-state index in [1.165, 1.54) is 12.1 Å². The summed E-state index contributed by atoms with van der Waals surface area (Å²) in [5.41, 5.74) is 0.756. The van der Waals surface area contributed by atoms with Crippen molar-refractivity contribution in [1.82, 2.24) is 20.5 Å². The highest BCUT2D eigenvalue weighted by atomic mass is 35.5. The predicted octanol–water partition coefficient (Wildman–Crippen LogP) is 5.00. The maximum Gasteiger partial charge on any atom is 0.330 e. The molecule has 11 heteroatoms. The summed E-state index contributed by atoms with van der Waals surface area (Å²) >= 11 is 6.22. The summed E-state index contributed by atoms with van der Waals surface area (Å²) < 4.78 is 28.1. The van der Waals surface area contributed by atoms with Crippen molar-refractivity contribution >= 4 is 46.4 Å². The van der Waals surface area contributed by atoms with E-state index in [9.17, 15) is 28.3 Å². The second-order valence-electron chi connectivity index (χ2n) is 11.1. The number of aromatic nitrogens is 1. The predicted molar refractivity (Wildman–Crippen MR) is 144 cm³/mol. The number of aryl methyl sites for hydroxylation is 1. The fourth-order valence-electron chi connectivity index (χ4n) is 6.18. The molecule has 8 nitrogen and oxygen atoms in total. The Bertz CT molecular complexity index is 1590. The van der Waals surface area contributed by atoms with Crippen molar-refractivity contribution in [3.05, 3.63) is 75.6 Å². The van der Waals surface area contributed by atoms with E-state index in [1.807, 2.05) is 6.92 Å². The van der Waals surface area contributed by atoms with Gasteiger partial charge in [-0.3, -0.25) is 9.59 Å². The van der Waals surface area contributed by atoms with E-state index in [2.05, 4.69) is 15.6 Å². The number of aliphatic hydroxyl groups is 1. The molecule has 1 unspecified atom stereocenters. The summed E-state index contributed by atoms with van der Waals surface area (Å²) in [7, 11) is 0. The molecule has 4 aliphatic rings. The molecule has 4 amide bonds. The van der Waals surface area contributed by atoms with Crippen LogP contribution in [0, 0.1) is 18.6 Å². The lowest BCUT2D eigenvalue weighted by Gasteiger charge is -2.51. The molecule has 3 saturated carbocycles. The lowest BCUT2D eigenvalue weighted by Crippen LogP contribution is -2.60. The van der Waals surface area contributed by atoms with Gasteiger partial charge >= 0.3 is 6.03 Å². The molecule has 3 aromatic rings. The topological polar surface area (TPSA) is 115 Å². The second-order valence-corrected chi connectivity index (χ2v) is 11.5. The number of halogens is 3. The Morgan fingerprint density at radius 2 is 1.80 bits per heavy atom. The number of amides is 4. The largest absolute Gasteiger partial charge is 0.390 e. The molecule has 7 rings (SSSR count). The number of carbonyl (C=O) groups is 3. The number of rotatable bonds is 5. The van der Waals surface area contributed by atoms with Gasteiger partial charge in [-0.25, -0.2) is 18.5 Å². The van der Waals surface area contributed by atoms with Crippen LogP contribution in [0.15, 0.2) is 42.2 Å². The zero-order valence-corrected chi connectivity index (χ0v) is 22.4. The number of H-pyrrole nitrogens is 1. The number of imide groups is 1. The maximum atomic E-state index is 14.3. The zero-order chi connectivity index (χ0) is 28.4. The first kappa shape index (κ1) is 26.5. The van der Waals surface area contributed by atoms with Gasteiger partial charge in [0.05, 0.1) is 11.1 Å². The van der Waals surface area contributed by atoms with Crippen LogP contribution in [0.25, 0.3) is 17.0 Å². The molecule has 2 aromatic carbocycles. The third kappa shape index (κ3) is 4.35. The highest BCUT2D eigenvalue weighted by Gasteiger charge is 2.50. The standard InChI is InChI=1S/C29H27ClF2N4O4/c1-15-19(30)4-3-18-17(14-33-23(15)18)13-22-26(38)36(27(39)34-22)24(16-2-5-20(31)21(32)12-16)25(37)35-28-6-9-29(40,10-7-28)11-8-28/h2-5,12-14,24,33,40H,6-11H2,1H3,(H,34,39)(H,35,37)/b22-13-. The third-order valence-electron chi connectivity index (χ3n) is 8.65. The lowest BCUT2D eigenvalue weighted by molar-refractivity contribution is -0.138. The van der Waals surface area contributed by atoms with Crippen LogP contribution < -0.4 is 10.6 Å². The summed E-state index contributed by atoms with van der Waals surface area (Å²) in [6.45, 7) is 1.85. The number of nitrogens with one attached hydrogen (secondary N) is 3. The molecule has 3 aliphatic carbocycles. The molecule has 40 heavy (non-hydrogen) atoms. The molecule has 0 radical (unpaired) electrons. The van der Waals surface area contributed by atoms with Crippen LogP contribution in [0.1, 0.15) is 61.3 Å². The monoisotopic (exact) mass is 568 g/mol. The van der Waals surface area contributed by atoms with Crippen molar-refractivity contribution in [2.24, 2.45) is 0 Å². The molecule has 2 bridgehead atoms. The Morgan fingerprint density at radius 1 is 1.10 bits per heavy atom. The van der Waals surface area contributed by atoms with Gasteiger partial charge in [-0.05, 0) is 80.9 Å². The number of nitrogens with zero attached hydrogens (tertiary/aromatic N) is 1. The van der Waals surface area contributed by atoms with Crippen LogP contribution in [-0.4, -0.2) is 44.0 Å². The molecular formula is C29H27ClF2N4O4. The fraction of sp³-hybridized carbons (Fsp3) is 0.345. The lowest BCUT2D eigenvalue weighted by atomic mass is 9.63. The van der Waals surface area contributed by atoms with E-state index in [1.54, 1.807) is 18.3 Å². The minimum Gasteiger partial charge on any atom is -0.390 e. The fourth-order valence-corrected chi connectivity index (χ4v) is 6.34. The van der Waals surface area contributed by atoms with Crippen molar-refractivity contribution in [3.8, 4) is 0 Å². The molecule has 1 aromatic heterocycles. The first-order chi connectivity index (χ1) is 19.0. The summed E-state index contributed by atoms with van der Waals surface area (Å²) in [6, 6.07) is 3.99. The molecule has 2 heterocycles. The van der Waals surface area contributed by atoms with Gasteiger partial charge in [0.1, 0.15) is 11.7 Å². The minimum atomic E-state index is -1.55. The zero-order valence-electron chi connectivity index (χ0n) is 21.6. The molecule has 4 N–H and O–H groups in total. The number of fused-ring (bicyclic) bond motifs is 4. The van der Waals surface area contributed by atoms with Crippen LogP contribution in [-0.2, 0) is 9.59 Å². The molecule has 208 valence electrons. The number of benzene rings is 2. The van der Waals surface area contributed by atoms with Crippen molar-refractivity contribution in [1.29, 1.82) is 0 Å². The van der Waals surface area contributed by atoms with Crippen LogP contribution >= 0.6 is 11.6 Å². The number of aromatic amines is 1. The van der Waals surface area contributed by atoms with E-state index in [0.29, 0.717) is 49.1 Å². The van der Waals surface area contributed by atoms with E-state index < -0.39 is 46.7 Å². The van der Waals surface area contributed by atoms with Gasteiger partial charge in [-0.2, -0.15) is 0 Å². The minimum absolute atomic E-state index is 0.0435. The van der Waals surface area contributed by atoms with E-state index >= 15 is 0 Å². The SMILES string of the molecule is Cc1c(Cl)ccc2c(/C=C3\NC(=O)N(C(C(=O)NC45CCC(O)(CC4)CC5)c4ccc(F)c(F)c4)C3=O)c[nH]c12. The Morgan fingerprint density at radius 3 is 2.48 bits per heavy atom. The van der Waals surface area contributed by atoms with Gasteiger partial charge in [0, 0.05) is 27.7 Å². The average Bonchev–Trinajstić information content (AvgIpc) is 3.45. The Labute approximate surface area is 233 Å². The molecular weight excluding hydrogens is 542 g/mol. The molecule has 1 atom stereocenters. The molecule has 0 spiro atoms. The number of hydrogen-bond donors (Lipinski definition) is 4. The van der Waals surface area contributed by atoms with Crippen LogP contribution in [0.2, 0.25) is 5.02 Å². The van der Waals surface area contributed by atoms with Gasteiger partial charge in [0.2, 0.25) is 5.91 Å². The van der Waals surface area contributed by atoms with Gasteiger partial charge in [-0.15, -0.1) is 0 Å². The van der Waals surface area contributed by atoms with Gasteiger partial charge < -0.3 is 20.7 Å². The van der Waals surface area contributed by atoms with Crippen molar-refractivity contribution in [2.75, 3.05) is 0 Å². The maximum absolute atomic E-state index is 14.3. The van der Waals surface area contributed by atoms with Crippen LogP contribution in [0.4, 0.5) is 13.6 Å².